The van der Waals surface area contributed by atoms with Crippen LogP contribution < -0.4 is 4.90 Å². The van der Waals surface area contributed by atoms with Crippen LogP contribution in [0.25, 0.3) is 0 Å². The summed E-state index contributed by atoms with van der Waals surface area (Å²) in [5, 5.41) is 8.84. The summed E-state index contributed by atoms with van der Waals surface area (Å²) in [5.41, 5.74) is 5.09. The van der Waals surface area contributed by atoms with Crippen molar-refractivity contribution in [2.45, 2.75) is 19.4 Å². The van der Waals surface area contributed by atoms with Gasteiger partial charge in [0.1, 0.15) is 0 Å². The number of benzene rings is 2. The van der Waals surface area contributed by atoms with Crippen molar-refractivity contribution >= 4 is 5.69 Å². The zero-order valence-electron chi connectivity index (χ0n) is 12.0. The van der Waals surface area contributed by atoms with Crippen LogP contribution in [-0.2, 0) is 13.0 Å². The van der Waals surface area contributed by atoms with Crippen molar-refractivity contribution in [1.29, 1.82) is 0 Å². The summed E-state index contributed by atoms with van der Waals surface area (Å²) in [7, 11) is 0. The molecule has 0 atom stereocenters. The average Bonchev–Trinajstić information content (AvgIpc) is 2.93. The number of fused-ring (bicyclic) bond motifs is 1. The van der Waals surface area contributed by atoms with Gasteiger partial charge in [-0.15, -0.1) is 0 Å². The maximum absolute atomic E-state index is 8.84. The molecule has 21 heavy (non-hydrogen) atoms. The molecule has 0 spiro atoms. The fraction of sp³-hybridized carbons (Fsp3) is 0.263. The second-order valence-electron chi connectivity index (χ2n) is 5.23. The van der Waals surface area contributed by atoms with E-state index in [2.05, 4.69) is 59.2 Å². The van der Waals surface area contributed by atoms with Crippen LogP contribution in [0.5, 0.6) is 0 Å². The van der Waals surface area contributed by atoms with Gasteiger partial charge in [0.15, 0.2) is 0 Å². The van der Waals surface area contributed by atoms with E-state index in [1.807, 2.05) is 6.07 Å². The van der Waals surface area contributed by atoms with E-state index in [0.717, 1.165) is 25.1 Å². The van der Waals surface area contributed by atoms with Gasteiger partial charge < -0.3 is 10.0 Å². The molecule has 0 saturated carbocycles. The monoisotopic (exact) mass is 277 g/mol. The first kappa shape index (κ1) is 13.7. The summed E-state index contributed by atoms with van der Waals surface area (Å²) in [6.07, 6.45) is 1.65. The molecule has 1 N–H and O–H groups in total. The summed E-state index contributed by atoms with van der Waals surface area (Å²) >= 11 is 0. The zero-order chi connectivity index (χ0) is 14.5. The van der Waals surface area contributed by atoms with E-state index in [9.17, 15) is 0 Å². The third-order valence-electron chi connectivity index (χ3n) is 3.82. The second-order valence-corrected chi connectivity index (χ2v) is 5.23. The molecule has 0 bridgehead atoms. The minimum Gasteiger partial charge on any atom is -0.395 e. The average molecular weight is 277 g/mol. The Labute approximate surface area is 126 Å². The number of para-hydroxylation sites is 1. The van der Waals surface area contributed by atoms with Gasteiger partial charge in [0.05, 0.1) is 6.61 Å². The molecular formula is C19H19NO. The SMILES string of the molecule is OCCC#Cc1ccccc1CN1CCc2ccccc21. The molecule has 1 aliphatic heterocycles. The third-order valence-corrected chi connectivity index (χ3v) is 3.82. The first-order chi connectivity index (χ1) is 10.4. The highest BCUT2D eigenvalue weighted by Gasteiger charge is 2.18. The van der Waals surface area contributed by atoms with Crippen molar-refractivity contribution in [3.8, 4) is 11.8 Å². The molecule has 0 fully saturated rings. The van der Waals surface area contributed by atoms with E-state index >= 15 is 0 Å². The van der Waals surface area contributed by atoms with E-state index in [-0.39, 0.29) is 6.61 Å². The minimum atomic E-state index is 0.120. The number of nitrogens with zero attached hydrogens (tertiary/aromatic N) is 1. The van der Waals surface area contributed by atoms with Crippen LogP contribution in [0, 0.1) is 11.8 Å². The van der Waals surface area contributed by atoms with E-state index in [4.69, 9.17) is 5.11 Å². The molecule has 2 aromatic rings. The highest BCUT2D eigenvalue weighted by Crippen LogP contribution is 2.29. The Bertz CT molecular complexity index is 681. The summed E-state index contributed by atoms with van der Waals surface area (Å²) in [6, 6.07) is 16.9. The quantitative estimate of drug-likeness (QED) is 0.872. The highest BCUT2D eigenvalue weighted by atomic mass is 16.2. The van der Waals surface area contributed by atoms with Crippen LogP contribution >= 0.6 is 0 Å². The van der Waals surface area contributed by atoms with E-state index in [0.29, 0.717) is 6.42 Å². The van der Waals surface area contributed by atoms with Gasteiger partial charge in [-0.2, -0.15) is 0 Å². The fourth-order valence-corrected chi connectivity index (χ4v) is 2.77. The van der Waals surface area contributed by atoms with Crippen LogP contribution in [0.1, 0.15) is 23.1 Å². The number of anilines is 1. The highest BCUT2D eigenvalue weighted by molar-refractivity contribution is 5.58. The number of aliphatic hydroxyl groups excluding tert-OH is 1. The second kappa shape index (κ2) is 6.47. The lowest BCUT2D eigenvalue weighted by molar-refractivity contribution is 0.305. The normalized spacial score (nSPS) is 12.7. The Kier molecular flexibility index (Phi) is 4.23. The van der Waals surface area contributed by atoms with Crippen LogP contribution in [-0.4, -0.2) is 18.3 Å². The van der Waals surface area contributed by atoms with Gasteiger partial charge in [-0.3, -0.25) is 0 Å². The smallest absolute Gasteiger partial charge is 0.0540 e. The summed E-state index contributed by atoms with van der Waals surface area (Å²) < 4.78 is 0. The molecule has 2 aromatic carbocycles. The van der Waals surface area contributed by atoms with Crippen molar-refractivity contribution in [3.05, 3.63) is 65.2 Å². The predicted molar refractivity (Wildman–Crippen MR) is 86.2 cm³/mol. The van der Waals surface area contributed by atoms with Crippen LogP contribution in [0.2, 0.25) is 0 Å². The molecular weight excluding hydrogens is 258 g/mol. The van der Waals surface area contributed by atoms with Crippen molar-refractivity contribution in [1.82, 2.24) is 0 Å². The molecule has 3 rings (SSSR count). The Morgan fingerprint density at radius 1 is 1.05 bits per heavy atom. The molecule has 0 radical (unpaired) electrons. The van der Waals surface area contributed by atoms with Gasteiger partial charge >= 0.3 is 0 Å². The first-order valence-electron chi connectivity index (χ1n) is 7.39. The predicted octanol–water partition coefficient (Wildman–Crippen LogP) is 2.98. The number of aliphatic hydroxyl groups is 1. The van der Waals surface area contributed by atoms with Crippen LogP contribution in [0.15, 0.2) is 48.5 Å². The summed E-state index contributed by atoms with van der Waals surface area (Å²) in [4.78, 5) is 2.42. The molecule has 0 saturated heterocycles. The van der Waals surface area contributed by atoms with E-state index < -0.39 is 0 Å². The standard InChI is InChI=1S/C19H19NO/c21-14-6-5-8-16-7-1-2-10-18(16)15-20-13-12-17-9-3-4-11-19(17)20/h1-4,7,9-11,21H,6,12-15H2. The van der Waals surface area contributed by atoms with Gasteiger partial charge in [0, 0.05) is 30.8 Å². The molecule has 1 aliphatic rings. The Morgan fingerprint density at radius 2 is 1.86 bits per heavy atom. The lowest BCUT2D eigenvalue weighted by atomic mass is 10.1. The van der Waals surface area contributed by atoms with Gasteiger partial charge in [0.2, 0.25) is 0 Å². The molecule has 0 unspecified atom stereocenters. The van der Waals surface area contributed by atoms with Crippen molar-refractivity contribution in [2.24, 2.45) is 0 Å². The maximum Gasteiger partial charge on any atom is 0.0540 e. The van der Waals surface area contributed by atoms with Gasteiger partial charge in [-0.05, 0) is 29.7 Å². The molecule has 0 amide bonds. The van der Waals surface area contributed by atoms with E-state index in [1.165, 1.54) is 16.8 Å². The van der Waals surface area contributed by atoms with Crippen molar-refractivity contribution in [3.63, 3.8) is 0 Å². The van der Waals surface area contributed by atoms with Crippen LogP contribution in [0.4, 0.5) is 5.69 Å². The first-order valence-corrected chi connectivity index (χ1v) is 7.39. The van der Waals surface area contributed by atoms with Crippen molar-refractivity contribution < 1.29 is 5.11 Å². The Balaban J connectivity index is 1.82. The van der Waals surface area contributed by atoms with Gasteiger partial charge in [0.25, 0.3) is 0 Å². The molecule has 2 heteroatoms. The molecule has 1 heterocycles. The minimum absolute atomic E-state index is 0.120. The maximum atomic E-state index is 8.84. The van der Waals surface area contributed by atoms with Gasteiger partial charge in [-0.1, -0.05) is 48.2 Å². The number of hydrogen-bond acceptors (Lipinski definition) is 2. The zero-order valence-corrected chi connectivity index (χ0v) is 12.0. The molecule has 0 aliphatic carbocycles. The summed E-state index contributed by atoms with van der Waals surface area (Å²) in [6.45, 7) is 2.08. The van der Waals surface area contributed by atoms with Crippen LogP contribution in [0.3, 0.4) is 0 Å². The number of hydrogen-bond donors (Lipinski definition) is 1. The number of rotatable bonds is 3. The molecule has 2 nitrogen and oxygen atoms in total. The Hall–Kier alpha value is -2.24. The van der Waals surface area contributed by atoms with Gasteiger partial charge in [-0.25, -0.2) is 0 Å². The third kappa shape index (κ3) is 3.09. The Morgan fingerprint density at radius 3 is 2.76 bits per heavy atom. The largest absolute Gasteiger partial charge is 0.395 e. The fourth-order valence-electron chi connectivity index (χ4n) is 2.77. The topological polar surface area (TPSA) is 23.5 Å². The molecule has 0 aromatic heterocycles. The van der Waals surface area contributed by atoms with E-state index in [1.54, 1.807) is 0 Å². The lowest BCUT2D eigenvalue weighted by Gasteiger charge is -2.20. The molecule has 106 valence electrons. The lowest BCUT2D eigenvalue weighted by Crippen LogP contribution is -2.20. The van der Waals surface area contributed by atoms with Crippen molar-refractivity contribution in [2.75, 3.05) is 18.1 Å². The summed E-state index contributed by atoms with van der Waals surface area (Å²) in [5.74, 6) is 6.19.